The zero-order valence-corrected chi connectivity index (χ0v) is 21.1. The number of anilines is 1. The minimum Gasteiger partial charge on any atom is -0.364 e. The third-order valence-electron chi connectivity index (χ3n) is 4.80. The molecule has 0 saturated heterocycles. The van der Waals surface area contributed by atoms with Gasteiger partial charge in [-0.3, -0.25) is 0 Å². The van der Waals surface area contributed by atoms with E-state index in [-0.39, 0.29) is 10.6 Å². The molecule has 0 unspecified atom stereocenters. The molecule has 7 nitrogen and oxygen atoms in total. The van der Waals surface area contributed by atoms with Crippen LogP contribution in [0.2, 0.25) is 25.8 Å². The van der Waals surface area contributed by atoms with Crippen LogP contribution < -0.4 is 5.32 Å². The highest BCUT2D eigenvalue weighted by atomic mass is 35.5. The number of nitrogens with zero attached hydrogens (tertiary/aromatic N) is 6. The lowest BCUT2D eigenvalue weighted by Crippen LogP contribution is -2.05. The molecule has 5 rings (SSSR count). The highest BCUT2D eigenvalue weighted by Gasteiger charge is 2.11. The van der Waals surface area contributed by atoms with Crippen molar-refractivity contribution in [2.45, 2.75) is 6.54 Å². The summed E-state index contributed by atoms with van der Waals surface area (Å²) in [4.78, 5) is 16.3. The number of benzene rings is 1. The molecule has 1 aromatic carbocycles. The fraction of sp³-hybridized carbons (Fsp3) is 0.143. The Morgan fingerprint density at radius 1 is 0.758 bits per heavy atom. The molecular formula is C21H16Cl5N7. The smallest absolute Gasteiger partial charge is 0.225 e. The predicted molar refractivity (Wildman–Crippen MR) is 136 cm³/mol. The molecule has 0 saturated carbocycles. The third-order valence-corrected chi connectivity index (χ3v) is 5.99. The van der Waals surface area contributed by atoms with Crippen LogP contribution in [0.4, 0.5) is 5.82 Å². The minimum atomic E-state index is 0.179. The summed E-state index contributed by atoms with van der Waals surface area (Å²) in [5.74, 6) is 0.670. The van der Waals surface area contributed by atoms with Gasteiger partial charge in [0.15, 0.2) is 11.0 Å². The van der Waals surface area contributed by atoms with Crippen molar-refractivity contribution in [1.29, 1.82) is 0 Å². The fourth-order valence-corrected chi connectivity index (χ4v) is 4.43. The third kappa shape index (κ3) is 5.28. The SMILES string of the molecule is Cn1ccc2nc(Cl)nc(Cl)c21.Cn1ccc2nc(Cl)nc(NCc3ccc(Cl)cc3Cl)c21. The van der Waals surface area contributed by atoms with Gasteiger partial charge in [-0.1, -0.05) is 40.9 Å². The van der Waals surface area contributed by atoms with Gasteiger partial charge in [-0.05, 0) is 53.0 Å². The van der Waals surface area contributed by atoms with E-state index in [2.05, 4.69) is 25.3 Å². The normalized spacial score (nSPS) is 11.0. The topological polar surface area (TPSA) is 73.5 Å². The van der Waals surface area contributed by atoms with Crippen molar-refractivity contribution in [3.8, 4) is 0 Å². The summed E-state index contributed by atoms with van der Waals surface area (Å²) in [5.41, 5.74) is 4.19. The number of aromatic nitrogens is 6. The number of nitrogens with one attached hydrogen (secondary N) is 1. The van der Waals surface area contributed by atoms with E-state index in [0.29, 0.717) is 27.6 Å². The number of halogens is 5. The van der Waals surface area contributed by atoms with Crippen molar-refractivity contribution in [3.63, 3.8) is 0 Å². The van der Waals surface area contributed by atoms with Crippen LogP contribution in [0, 0.1) is 0 Å². The van der Waals surface area contributed by atoms with Gasteiger partial charge in [-0.25, -0.2) is 15.0 Å². The molecule has 0 radical (unpaired) electrons. The Kier molecular flexibility index (Phi) is 7.16. The highest BCUT2D eigenvalue weighted by Crippen LogP contribution is 2.26. The molecule has 4 heterocycles. The number of hydrogen-bond donors (Lipinski definition) is 1. The molecule has 0 bridgehead atoms. The van der Waals surface area contributed by atoms with E-state index >= 15 is 0 Å². The lowest BCUT2D eigenvalue weighted by atomic mass is 10.2. The van der Waals surface area contributed by atoms with E-state index in [1.165, 1.54) is 0 Å². The van der Waals surface area contributed by atoms with Gasteiger partial charge in [-0.15, -0.1) is 0 Å². The molecule has 0 aliphatic heterocycles. The van der Waals surface area contributed by atoms with E-state index in [1.807, 2.05) is 53.8 Å². The molecule has 12 heteroatoms. The Hall–Kier alpha value is -2.29. The molecule has 0 amide bonds. The first-order chi connectivity index (χ1) is 15.7. The lowest BCUT2D eigenvalue weighted by molar-refractivity contribution is 0.958. The zero-order chi connectivity index (χ0) is 23.7. The Labute approximate surface area is 214 Å². The summed E-state index contributed by atoms with van der Waals surface area (Å²) in [6.45, 7) is 0.517. The van der Waals surface area contributed by atoms with Crippen LogP contribution >= 0.6 is 58.0 Å². The monoisotopic (exact) mass is 541 g/mol. The predicted octanol–water partition coefficient (Wildman–Crippen LogP) is 6.82. The molecular weight excluding hydrogens is 528 g/mol. The minimum absolute atomic E-state index is 0.179. The number of aryl methyl sites for hydroxylation is 2. The van der Waals surface area contributed by atoms with Gasteiger partial charge in [0.25, 0.3) is 0 Å². The maximum atomic E-state index is 6.17. The number of fused-ring (bicyclic) bond motifs is 2. The summed E-state index contributed by atoms with van der Waals surface area (Å²) >= 11 is 29.5. The van der Waals surface area contributed by atoms with Crippen LogP contribution in [0.25, 0.3) is 22.1 Å². The van der Waals surface area contributed by atoms with E-state index in [1.54, 1.807) is 12.1 Å². The first kappa shape index (κ1) is 23.9. The maximum absolute atomic E-state index is 6.17. The Morgan fingerprint density at radius 2 is 1.36 bits per heavy atom. The molecule has 0 atom stereocenters. The molecule has 0 fully saturated rings. The van der Waals surface area contributed by atoms with Gasteiger partial charge in [0.1, 0.15) is 11.0 Å². The van der Waals surface area contributed by atoms with E-state index < -0.39 is 0 Å². The molecule has 33 heavy (non-hydrogen) atoms. The van der Waals surface area contributed by atoms with Gasteiger partial charge in [0, 0.05) is 43.1 Å². The molecule has 0 aliphatic rings. The first-order valence-electron chi connectivity index (χ1n) is 9.53. The standard InChI is InChI=1S/C14H11Cl3N4.C7H5Cl2N3/c1-21-5-4-11-12(21)13(20-14(17)19-11)18-7-8-2-3-9(15)6-10(8)16;1-12-3-2-4-5(12)6(8)11-7(9)10-4/h2-6H,7H2,1H3,(H,18,19,20);2-3H,1H3. The second-order valence-electron chi connectivity index (χ2n) is 7.03. The molecule has 0 aliphatic carbocycles. The summed E-state index contributed by atoms with van der Waals surface area (Å²) in [6, 6.07) is 9.13. The quantitative estimate of drug-likeness (QED) is 0.200. The summed E-state index contributed by atoms with van der Waals surface area (Å²) < 4.78 is 3.80. The van der Waals surface area contributed by atoms with Crippen LogP contribution in [0.5, 0.6) is 0 Å². The van der Waals surface area contributed by atoms with Crippen molar-refractivity contribution < 1.29 is 0 Å². The average Bonchev–Trinajstić information content (AvgIpc) is 3.30. The Morgan fingerprint density at radius 3 is 2.03 bits per heavy atom. The fourth-order valence-electron chi connectivity index (χ4n) is 3.25. The van der Waals surface area contributed by atoms with Gasteiger partial charge in [0.05, 0.1) is 11.0 Å². The van der Waals surface area contributed by atoms with Crippen molar-refractivity contribution in [1.82, 2.24) is 29.1 Å². The second-order valence-corrected chi connectivity index (χ2v) is 8.91. The van der Waals surface area contributed by atoms with Gasteiger partial charge in [-0.2, -0.15) is 4.98 Å². The molecule has 0 spiro atoms. The van der Waals surface area contributed by atoms with Crippen molar-refractivity contribution in [2.24, 2.45) is 14.1 Å². The van der Waals surface area contributed by atoms with Crippen molar-refractivity contribution in [3.05, 3.63) is 74.1 Å². The second kappa shape index (κ2) is 9.91. The van der Waals surface area contributed by atoms with Crippen LogP contribution in [0.15, 0.2) is 42.7 Å². The summed E-state index contributed by atoms with van der Waals surface area (Å²) in [6.07, 6.45) is 3.78. The number of rotatable bonds is 3. The van der Waals surface area contributed by atoms with Crippen LogP contribution in [0.3, 0.4) is 0 Å². The molecule has 170 valence electrons. The first-order valence-corrected chi connectivity index (χ1v) is 11.4. The average molecular weight is 544 g/mol. The van der Waals surface area contributed by atoms with Crippen molar-refractivity contribution in [2.75, 3.05) is 5.32 Å². The Balaban J connectivity index is 0.000000183. The molecule has 1 N–H and O–H groups in total. The number of hydrogen-bond acceptors (Lipinski definition) is 5. The zero-order valence-electron chi connectivity index (χ0n) is 17.3. The maximum Gasteiger partial charge on any atom is 0.225 e. The van der Waals surface area contributed by atoms with E-state index in [4.69, 9.17) is 58.0 Å². The largest absolute Gasteiger partial charge is 0.364 e. The van der Waals surface area contributed by atoms with Gasteiger partial charge >= 0.3 is 0 Å². The summed E-state index contributed by atoms with van der Waals surface area (Å²) in [7, 11) is 3.81. The van der Waals surface area contributed by atoms with Crippen LogP contribution in [0.1, 0.15) is 5.56 Å². The van der Waals surface area contributed by atoms with Crippen LogP contribution in [-0.4, -0.2) is 29.1 Å². The van der Waals surface area contributed by atoms with E-state index in [9.17, 15) is 0 Å². The highest BCUT2D eigenvalue weighted by molar-refractivity contribution is 6.35. The van der Waals surface area contributed by atoms with Gasteiger partial charge in [0.2, 0.25) is 10.6 Å². The molecule has 4 aromatic heterocycles. The van der Waals surface area contributed by atoms with Crippen LogP contribution in [-0.2, 0) is 20.6 Å². The molecule has 5 aromatic rings. The lowest BCUT2D eigenvalue weighted by Gasteiger charge is -2.10. The van der Waals surface area contributed by atoms with E-state index in [0.717, 1.165) is 27.6 Å². The summed E-state index contributed by atoms with van der Waals surface area (Å²) in [5, 5.41) is 5.24. The Bertz CT molecular complexity index is 1460. The van der Waals surface area contributed by atoms with Gasteiger partial charge < -0.3 is 14.5 Å². The van der Waals surface area contributed by atoms with Crippen molar-refractivity contribution >= 4 is 85.9 Å².